The SMILES string of the molecule is CCOC(=O)c1c(NC(=O)C(=O)N/N=C(\C)c2ccc(OC(=O)c3ccccc3[N+](=O)[O-])c(OC)c2)sc2c1CCCC2. The van der Waals surface area contributed by atoms with Gasteiger partial charge in [0.2, 0.25) is 0 Å². The van der Waals surface area contributed by atoms with Crippen LogP contribution in [-0.2, 0) is 27.2 Å². The highest BCUT2D eigenvalue weighted by molar-refractivity contribution is 7.17. The molecule has 224 valence electrons. The monoisotopic (exact) mass is 608 g/mol. The van der Waals surface area contributed by atoms with Gasteiger partial charge < -0.3 is 19.5 Å². The number of ether oxygens (including phenoxy) is 3. The van der Waals surface area contributed by atoms with Crippen molar-refractivity contribution < 1.29 is 38.3 Å². The van der Waals surface area contributed by atoms with E-state index in [-0.39, 0.29) is 39.9 Å². The van der Waals surface area contributed by atoms with Crippen molar-refractivity contribution in [2.45, 2.75) is 39.5 Å². The first-order chi connectivity index (χ1) is 20.6. The van der Waals surface area contributed by atoms with Gasteiger partial charge in [0.25, 0.3) is 5.69 Å². The van der Waals surface area contributed by atoms with Gasteiger partial charge in [-0.2, -0.15) is 5.10 Å². The van der Waals surface area contributed by atoms with E-state index in [9.17, 15) is 29.3 Å². The lowest BCUT2D eigenvalue weighted by Gasteiger charge is -2.12. The smallest absolute Gasteiger partial charge is 0.350 e. The minimum Gasteiger partial charge on any atom is -0.493 e. The van der Waals surface area contributed by atoms with Crippen LogP contribution in [0.3, 0.4) is 0 Å². The molecule has 3 aromatic rings. The van der Waals surface area contributed by atoms with Crippen LogP contribution in [0.1, 0.15) is 63.4 Å². The van der Waals surface area contributed by atoms with E-state index in [2.05, 4.69) is 15.8 Å². The average molecular weight is 609 g/mol. The summed E-state index contributed by atoms with van der Waals surface area (Å²) in [4.78, 5) is 62.1. The zero-order chi connectivity index (χ0) is 31.1. The third-order valence-electron chi connectivity index (χ3n) is 6.51. The molecule has 0 fully saturated rings. The number of hydrogen-bond donors (Lipinski definition) is 2. The number of nitro groups is 1. The predicted octanol–water partition coefficient (Wildman–Crippen LogP) is 4.42. The molecule has 2 N–H and O–H groups in total. The van der Waals surface area contributed by atoms with Crippen LogP contribution in [0.15, 0.2) is 47.6 Å². The largest absolute Gasteiger partial charge is 0.493 e. The second-order valence-electron chi connectivity index (χ2n) is 9.26. The molecule has 0 unspecified atom stereocenters. The van der Waals surface area contributed by atoms with Crippen molar-refractivity contribution in [2.75, 3.05) is 19.0 Å². The van der Waals surface area contributed by atoms with E-state index in [4.69, 9.17) is 14.2 Å². The number of methoxy groups -OCH3 is 1. The number of aryl methyl sites for hydroxylation is 1. The molecular weight excluding hydrogens is 580 g/mol. The van der Waals surface area contributed by atoms with Crippen LogP contribution in [0.2, 0.25) is 0 Å². The zero-order valence-electron chi connectivity index (χ0n) is 23.6. The number of anilines is 1. The van der Waals surface area contributed by atoms with Gasteiger partial charge in [0.1, 0.15) is 10.6 Å². The van der Waals surface area contributed by atoms with Crippen LogP contribution >= 0.6 is 11.3 Å². The van der Waals surface area contributed by atoms with Gasteiger partial charge in [-0.25, -0.2) is 15.0 Å². The van der Waals surface area contributed by atoms with Gasteiger partial charge in [0.05, 0.1) is 29.9 Å². The highest BCUT2D eigenvalue weighted by Gasteiger charge is 2.28. The number of nitro benzene ring substituents is 1. The van der Waals surface area contributed by atoms with E-state index in [0.29, 0.717) is 12.0 Å². The second-order valence-corrected chi connectivity index (χ2v) is 10.4. The fourth-order valence-corrected chi connectivity index (χ4v) is 5.69. The van der Waals surface area contributed by atoms with E-state index in [1.54, 1.807) is 13.8 Å². The molecule has 1 aromatic heterocycles. The second kappa shape index (κ2) is 13.7. The lowest BCUT2D eigenvalue weighted by atomic mass is 9.95. The van der Waals surface area contributed by atoms with Gasteiger partial charge >= 0.3 is 23.8 Å². The summed E-state index contributed by atoms with van der Waals surface area (Å²) < 4.78 is 15.8. The molecule has 4 rings (SSSR count). The van der Waals surface area contributed by atoms with Crippen LogP contribution in [0, 0.1) is 10.1 Å². The number of carbonyl (C=O) groups excluding carboxylic acids is 4. The zero-order valence-corrected chi connectivity index (χ0v) is 24.4. The number of carbonyl (C=O) groups is 4. The predicted molar refractivity (Wildman–Crippen MR) is 157 cm³/mol. The number of amides is 2. The van der Waals surface area contributed by atoms with Crippen LogP contribution in [0.25, 0.3) is 0 Å². The summed E-state index contributed by atoms with van der Waals surface area (Å²) in [5.74, 6) is -3.42. The van der Waals surface area contributed by atoms with E-state index in [1.807, 2.05) is 0 Å². The van der Waals surface area contributed by atoms with Crippen LogP contribution in [0.4, 0.5) is 10.7 Å². The van der Waals surface area contributed by atoms with Gasteiger partial charge in [-0.05, 0) is 69.4 Å². The number of thiophene rings is 1. The summed E-state index contributed by atoms with van der Waals surface area (Å²) in [6, 6.07) is 9.80. The molecule has 0 radical (unpaired) electrons. The Morgan fingerprint density at radius 3 is 2.49 bits per heavy atom. The maximum absolute atomic E-state index is 12.7. The van der Waals surface area contributed by atoms with Crippen molar-refractivity contribution in [3.8, 4) is 11.5 Å². The molecule has 13 nitrogen and oxygen atoms in total. The molecule has 43 heavy (non-hydrogen) atoms. The van der Waals surface area contributed by atoms with Crippen molar-refractivity contribution in [1.29, 1.82) is 0 Å². The van der Waals surface area contributed by atoms with Gasteiger partial charge in [-0.3, -0.25) is 19.7 Å². The number of rotatable bonds is 9. The molecule has 1 aliphatic carbocycles. The highest BCUT2D eigenvalue weighted by Crippen LogP contribution is 2.38. The standard InChI is InChI=1S/C29H28N4O9S/c1-4-41-29(37)24-19-10-6-8-12-23(19)43-27(24)30-25(34)26(35)32-31-16(2)17-13-14-21(22(15-17)40-3)42-28(36)18-9-5-7-11-20(18)33(38)39/h5,7,9,11,13-15H,4,6,8,10,12H2,1-3H3,(H,30,34)(H,32,35)/b31-16+. The molecule has 1 heterocycles. The Kier molecular flexibility index (Phi) is 9.83. The van der Waals surface area contributed by atoms with E-state index in [1.165, 1.54) is 60.9 Å². The number of fused-ring (bicyclic) bond motifs is 1. The molecule has 14 heteroatoms. The minimum atomic E-state index is -1.05. The van der Waals surface area contributed by atoms with E-state index >= 15 is 0 Å². The fraction of sp³-hybridized carbons (Fsp3) is 0.276. The molecular formula is C29H28N4O9S. The Labute approximate surface area is 250 Å². The molecule has 0 saturated carbocycles. The number of benzene rings is 2. The molecule has 0 spiro atoms. The Morgan fingerprint density at radius 2 is 1.77 bits per heavy atom. The van der Waals surface area contributed by atoms with Crippen molar-refractivity contribution in [3.05, 3.63) is 79.7 Å². The Hall–Kier alpha value is -5.11. The average Bonchev–Trinajstić information content (AvgIpc) is 3.37. The van der Waals surface area contributed by atoms with Gasteiger partial charge in [-0.15, -0.1) is 11.3 Å². The Morgan fingerprint density at radius 1 is 1.02 bits per heavy atom. The van der Waals surface area contributed by atoms with Gasteiger partial charge in [0, 0.05) is 16.5 Å². The Balaban J connectivity index is 1.45. The summed E-state index contributed by atoms with van der Waals surface area (Å²) in [7, 11) is 1.34. The van der Waals surface area contributed by atoms with Gasteiger partial charge in [0.15, 0.2) is 11.5 Å². The number of hydrazone groups is 1. The van der Waals surface area contributed by atoms with Crippen LogP contribution in [-0.4, -0.2) is 48.1 Å². The molecule has 1 aliphatic rings. The maximum Gasteiger partial charge on any atom is 0.350 e. The topological polar surface area (TPSA) is 176 Å². The van der Waals surface area contributed by atoms with Crippen LogP contribution < -0.4 is 20.2 Å². The lowest BCUT2D eigenvalue weighted by molar-refractivity contribution is -0.385. The van der Waals surface area contributed by atoms with Crippen molar-refractivity contribution in [3.63, 3.8) is 0 Å². The Bertz CT molecular complexity index is 1630. The third-order valence-corrected chi connectivity index (χ3v) is 7.72. The molecule has 2 amide bonds. The van der Waals surface area contributed by atoms with Crippen LogP contribution in [0.5, 0.6) is 11.5 Å². The number of para-hydroxylation sites is 1. The summed E-state index contributed by atoms with van der Waals surface area (Å²) >= 11 is 1.26. The maximum atomic E-state index is 12.7. The van der Waals surface area contributed by atoms with Crippen molar-refractivity contribution in [1.82, 2.24) is 5.43 Å². The highest BCUT2D eigenvalue weighted by atomic mass is 32.1. The summed E-state index contributed by atoms with van der Waals surface area (Å²) in [5.41, 5.74) is 3.45. The van der Waals surface area contributed by atoms with E-state index < -0.39 is 34.4 Å². The normalized spacial score (nSPS) is 12.5. The number of nitrogens with one attached hydrogen (secondary N) is 2. The lowest BCUT2D eigenvalue weighted by Crippen LogP contribution is -2.33. The van der Waals surface area contributed by atoms with E-state index in [0.717, 1.165) is 29.7 Å². The number of nitrogens with zero attached hydrogens (tertiary/aromatic N) is 2. The molecule has 0 saturated heterocycles. The molecule has 0 aliphatic heterocycles. The van der Waals surface area contributed by atoms with Crippen molar-refractivity contribution >= 4 is 51.5 Å². The summed E-state index contributed by atoms with van der Waals surface area (Å²) in [5, 5.41) is 18.0. The third kappa shape index (κ3) is 7.04. The summed E-state index contributed by atoms with van der Waals surface area (Å²) in [6.07, 6.45) is 3.37. The molecule has 0 bridgehead atoms. The fourth-order valence-electron chi connectivity index (χ4n) is 4.42. The first-order valence-corrected chi connectivity index (χ1v) is 14.1. The number of hydrogen-bond acceptors (Lipinski definition) is 11. The first-order valence-electron chi connectivity index (χ1n) is 13.3. The van der Waals surface area contributed by atoms with Gasteiger partial charge in [-0.1, -0.05) is 12.1 Å². The molecule has 2 aromatic carbocycles. The first kappa shape index (κ1) is 30.8. The molecule has 0 atom stereocenters. The number of esters is 2. The summed E-state index contributed by atoms with van der Waals surface area (Å²) in [6.45, 7) is 3.43. The van der Waals surface area contributed by atoms with Crippen molar-refractivity contribution in [2.24, 2.45) is 5.10 Å². The minimum absolute atomic E-state index is 0.00154. The quantitative estimate of drug-likeness (QED) is 0.0889.